The molecule has 14 heavy (non-hydrogen) atoms. The van der Waals surface area contributed by atoms with Crippen molar-refractivity contribution >= 4 is 5.91 Å². The molecule has 0 radical (unpaired) electrons. The normalized spacial score (nSPS) is 20.4. The molecule has 1 fully saturated rings. The average Bonchev–Trinajstić information content (AvgIpc) is 2.19. The van der Waals surface area contributed by atoms with Crippen LogP contribution in [0.2, 0.25) is 0 Å². The van der Waals surface area contributed by atoms with Gasteiger partial charge in [0.2, 0.25) is 5.91 Å². The van der Waals surface area contributed by atoms with Gasteiger partial charge in [0.05, 0.1) is 0 Å². The van der Waals surface area contributed by atoms with Crippen molar-refractivity contribution in [1.29, 1.82) is 0 Å². The number of rotatable bonds is 4. The van der Waals surface area contributed by atoms with Gasteiger partial charge in [-0.25, -0.2) is 0 Å². The largest absolute Gasteiger partial charge is 0.356 e. The van der Waals surface area contributed by atoms with Gasteiger partial charge in [0.25, 0.3) is 0 Å². The van der Waals surface area contributed by atoms with Crippen molar-refractivity contribution in [3.63, 3.8) is 0 Å². The molecular weight excluding hydrogens is 176 g/mol. The van der Waals surface area contributed by atoms with Gasteiger partial charge in [-0.2, -0.15) is 0 Å². The summed E-state index contributed by atoms with van der Waals surface area (Å²) < 4.78 is 0. The molecule has 1 saturated heterocycles. The first-order valence-electron chi connectivity index (χ1n) is 5.68. The third-order valence-corrected chi connectivity index (χ3v) is 3.07. The second-order valence-corrected chi connectivity index (χ2v) is 4.42. The predicted octanol–water partition coefficient (Wildman–Crippen LogP) is 1.29. The number of carbonyl (C=O) groups excluding carboxylic acids is 1. The van der Waals surface area contributed by atoms with E-state index < -0.39 is 0 Å². The number of unbranched alkanes of at least 4 members (excludes halogenated alkanes) is 1. The van der Waals surface area contributed by atoms with Crippen LogP contribution in [-0.4, -0.2) is 25.5 Å². The lowest BCUT2D eigenvalue weighted by Gasteiger charge is -2.32. The number of hydrogen-bond donors (Lipinski definition) is 2. The van der Waals surface area contributed by atoms with Crippen LogP contribution in [0.4, 0.5) is 0 Å². The van der Waals surface area contributed by atoms with E-state index in [0.29, 0.717) is 0 Å². The molecule has 1 amide bonds. The van der Waals surface area contributed by atoms with Crippen LogP contribution in [0.5, 0.6) is 0 Å². The quantitative estimate of drug-likeness (QED) is 0.668. The Kier molecular flexibility index (Phi) is 4.39. The summed E-state index contributed by atoms with van der Waals surface area (Å²) in [4.78, 5) is 11.9. The van der Waals surface area contributed by atoms with Gasteiger partial charge in [0.15, 0.2) is 0 Å². The molecule has 1 aliphatic rings. The minimum atomic E-state index is -0.126. The third-order valence-electron chi connectivity index (χ3n) is 3.07. The first-order chi connectivity index (χ1) is 6.69. The van der Waals surface area contributed by atoms with E-state index in [1.165, 1.54) is 0 Å². The monoisotopic (exact) mass is 198 g/mol. The highest BCUT2D eigenvalue weighted by Gasteiger charge is 2.33. The van der Waals surface area contributed by atoms with Crippen LogP contribution < -0.4 is 10.6 Å². The molecule has 0 spiro atoms. The van der Waals surface area contributed by atoms with Crippen molar-refractivity contribution in [2.45, 2.75) is 39.5 Å². The number of piperidine rings is 1. The van der Waals surface area contributed by atoms with E-state index in [2.05, 4.69) is 24.5 Å². The second-order valence-electron chi connectivity index (χ2n) is 4.42. The van der Waals surface area contributed by atoms with Crippen molar-refractivity contribution < 1.29 is 4.79 Å². The Morgan fingerprint density at radius 1 is 1.43 bits per heavy atom. The average molecular weight is 198 g/mol. The van der Waals surface area contributed by atoms with Gasteiger partial charge >= 0.3 is 0 Å². The molecule has 1 heterocycles. The summed E-state index contributed by atoms with van der Waals surface area (Å²) in [5.41, 5.74) is -0.126. The van der Waals surface area contributed by atoms with Crippen molar-refractivity contribution in [3.05, 3.63) is 0 Å². The van der Waals surface area contributed by atoms with Crippen LogP contribution in [0.1, 0.15) is 39.5 Å². The molecule has 0 aromatic rings. The highest BCUT2D eigenvalue weighted by atomic mass is 16.2. The van der Waals surface area contributed by atoms with Crippen LogP contribution in [-0.2, 0) is 4.79 Å². The topological polar surface area (TPSA) is 41.1 Å². The fourth-order valence-corrected chi connectivity index (χ4v) is 1.80. The van der Waals surface area contributed by atoms with Crippen molar-refractivity contribution in [1.82, 2.24) is 10.6 Å². The summed E-state index contributed by atoms with van der Waals surface area (Å²) in [6.45, 7) is 6.99. The summed E-state index contributed by atoms with van der Waals surface area (Å²) in [6, 6.07) is 0. The van der Waals surface area contributed by atoms with E-state index in [1.807, 2.05) is 0 Å². The Morgan fingerprint density at radius 2 is 2.07 bits per heavy atom. The maximum atomic E-state index is 11.9. The standard InChI is InChI=1S/C11H22N2O/c1-3-4-7-13-10(14)11(2)5-8-12-9-6-11/h12H,3-9H2,1-2H3,(H,13,14). The number of carbonyl (C=O) groups is 1. The van der Waals surface area contributed by atoms with E-state index in [1.54, 1.807) is 0 Å². The SMILES string of the molecule is CCCCNC(=O)C1(C)CCNCC1. The molecular formula is C11H22N2O. The highest BCUT2D eigenvalue weighted by Crippen LogP contribution is 2.27. The lowest BCUT2D eigenvalue weighted by Crippen LogP contribution is -2.46. The Morgan fingerprint density at radius 3 is 2.64 bits per heavy atom. The molecule has 0 saturated carbocycles. The maximum absolute atomic E-state index is 11.9. The van der Waals surface area contributed by atoms with E-state index >= 15 is 0 Å². The van der Waals surface area contributed by atoms with Gasteiger partial charge in [0, 0.05) is 12.0 Å². The molecule has 3 heteroatoms. The minimum Gasteiger partial charge on any atom is -0.356 e. The van der Waals surface area contributed by atoms with Gasteiger partial charge < -0.3 is 10.6 Å². The molecule has 0 aliphatic carbocycles. The van der Waals surface area contributed by atoms with Crippen LogP contribution in [0.3, 0.4) is 0 Å². The van der Waals surface area contributed by atoms with Crippen LogP contribution in [0.25, 0.3) is 0 Å². The fourth-order valence-electron chi connectivity index (χ4n) is 1.80. The highest BCUT2D eigenvalue weighted by molar-refractivity contribution is 5.82. The van der Waals surface area contributed by atoms with Crippen LogP contribution >= 0.6 is 0 Å². The molecule has 0 unspecified atom stereocenters. The van der Waals surface area contributed by atoms with E-state index in [0.717, 1.165) is 45.3 Å². The predicted molar refractivity (Wildman–Crippen MR) is 58.1 cm³/mol. The van der Waals surface area contributed by atoms with Crippen LogP contribution in [0, 0.1) is 5.41 Å². The Hall–Kier alpha value is -0.570. The molecule has 2 N–H and O–H groups in total. The van der Waals surface area contributed by atoms with Gasteiger partial charge in [-0.05, 0) is 32.4 Å². The molecule has 0 atom stereocenters. The number of amides is 1. The van der Waals surface area contributed by atoms with E-state index in [-0.39, 0.29) is 11.3 Å². The summed E-state index contributed by atoms with van der Waals surface area (Å²) >= 11 is 0. The molecule has 1 rings (SSSR count). The van der Waals surface area contributed by atoms with E-state index in [4.69, 9.17) is 0 Å². The molecule has 1 aliphatic heterocycles. The number of nitrogens with one attached hydrogen (secondary N) is 2. The summed E-state index contributed by atoms with van der Waals surface area (Å²) in [6.07, 6.45) is 4.15. The van der Waals surface area contributed by atoms with Gasteiger partial charge in [-0.15, -0.1) is 0 Å². The Labute approximate surface area is 86.6 Å². The summed E-state index contributed by atoms with van der Waals surface area (Å²) in [5, 5.41) is 6.31. The minimum absolute atomic E-state index is 0.126. The molecule has 82 valence electrons. The van der Waals surface area contributed by atoms with Gasteiger partial charge in [0.1, 0.15) is 0 Å². The molecule has 3 nitrogen and oxygen atoms in total. The first-order valence-corrected chi connectivity index (χ1v) is 5.68. The molecule has 0 bridgehead atoms. The van der Waals surface area contributed by atoms with E-state index in [9.17, 15) is 4.79 Å². The lowest BCUT2D eigenvalue weighted by atomic mass is 9.80. The summed E-state index contributed by atoms with van der Waals surface area (Å²) in [7, 11) is 0. The fraction of sp³-hybridized carbons (Fsp3) is 0.909. The second kappa shape index (κ2) is 5.35. The zero-order valence-corrected chi connectivity index (χ0v) is 9.36. The number of hydrogen-bond acceptors (Lipinski definition) is 2. The Balaban J connectivity index is 2.33. The van der Waals surface area contributed by atoms with Gasteiger partial charge in [-0.1, -0.05) is 20.3 Å². The smallest absolute Gasteiger partial charge is 0.226 e. The summed E-state index contributed by atoms with van der Waals surface area (Å²) in [5.74, 6) is 0.243. The molecule has 0 aromatic heterocycles. The van der Waals surface area contributed by atoms with Crippen molar-refractivity contribution in [2.24, 2.45) is 5.41 Å². The maximum Gasteiger partial charge on any atom is 0.226 e. The van der Waals surface area contributed by atoms with Crippen LogP contribution in [0.15, 0.2) is 0 Å². The molecule has 0 aromatic carbocycles. The zero-order chi connectivity index (χ0) is 10.4. The Bertz CT molecular complexity index is 186. The third kappa shape index (κ3) is 2.98. The lowest BCUT2D eigenvalue weighted by molar-refractivity contribution is -0.131. The zero-order valence-electron chi connectivity index (χ0n) is 9.36. The first kappa shape index (κ1) is 11.5. The van der Waals surface area contributed by atoms with Crippen molar-refractivity contribution in [3.8, 4) is 0 Å². The van der Waals surface area contributed by atoms with Crippen molar-refractivity contribution in [2.75, 3.05) is 19.6 Å². The van der Waals surface area contributed by atoms with Gasteiger partial charge in [-0.3, -0.25) is 4.79 Å².